The lowest BCUT2D eigenvalue weighted by atomic mass is 9.97. The van der Waals surface area contributed by atoms with Gasteiger partial charge in [-0.1, -0.05) is 66.2 Å². The molecule has 0 aliphatic carbocycles. The Hall–Kier alpha value is -2.00. The number of alkyl halides is 1. The Labute approximate surface area is 129 Å². The number of nitrogens with zero attached hydrogens (tertiary/aromatic N) is 1. The summed E-state index contributed by atoms with van der Waals surface area (Å²) < 4.78 is 5.21. The number of hydrogen-bond donors (Lipinski definition) is 0. The number of likely N-dealkylation sites (N-methyl/N-ethyl adjacent to an activating group) is 1. The third-order valence-corrected chi connectivity index (χ3v) is 4.75. The molecule has 0 aromatic heterocycles. The lowest BCUT2D eigenvalue weighted by Crippen LogP contribution is -2.40. The van der Waals surface area contributed by atoms with Gasteiger partial charge in [-0.15, -0.1) is 0 Å². The Kier molecular flexibility index (Phi) is 3.38. The molecule has 0 N–H and O–H groups in total. The van der Waals surface area contributed by atoms with E-state index in [4.69, 9.17) is 16.3 Å². The van der Waals surface area contributed by atoms with Gasteiger partial charge in [0, 0.05) is 7.05 Å². The first-order valence-electron chi connectivity index (χ1n) is 6.83. The van der Waals surface area contributed by atoms with Crippen molar-refractivity contribution in [2.75, 3.05) is 7.05 Å². The lowest BCUT2D eigenvalue weighted by molar-refractivity contribution is 0.135. The molecule has 2 aromatic rings. The Morgan fingerprint density at radius 1 is 1.05 bits per heavy atom. The van der Waals surface area contributed by atoms with E-state index in [0.29, 0.717) is 0 Å². The first-order valence-corrected chi connectivity index (χ1v) is 7.20. The van der Waals surface area contributed by atoms with Crippen molar-refractivity contribution < 1.29 is 9.53 Å². The maximum atomic E-state index is 11.7. The van der Waals surface area contributed by atoms with Gasteiger partial charge in [-0.25, -0.2) is 4.79 Å². The molecule has 2 atom stereocenters. The number of benzene rings is 2. The van der Waals surface area contributed by atoms with Crippen LogP contribution in [-0.2, 0) is 9.73 Å². The quantitative estimate of drug-likeness (QED) is 0.614. The van der Waals surface area contributed by atoms with Crippen molar-refractivity contribution in [2.24, 2.45) is 0 Å². The zero-order valence-corrected chi connectivity index (χ0v) is 12.7. The third kappa shape index (κ3) is 2.18. The number of ether oxygens (including phenoxy) is 1. The second-order valence-electron chi connectivity index (χ2n) is 5.20. The van der Waals surface area contributed by atoms with Gasteiger partial charge in [-0.2, -0.15) is 0 Å². The number of hydrogen-bond acceptors (Lipinski definition) is 2. The number of halogens is 1. The second kappa shape index (κ2) is 5.08. The highest BCUT2D eigenvalue weighted by Crippen LogP contribution is 2.42. The van der Waals surface area contributed by atoms with Gasteiger partial charge in [0.25, 0.3) is 0 Å². The highest BCUT2D eigenvalue weighted by molar-refractivity contribution is 6.25. The van der Waals surface area contributed by atoms with Crippen molar-refractivity contribution in [1.82, 2.24) is 4.90 Å². The highest BCUT2D eigenvalue weighted by Gasteiger charge is 2.51. The Balaban J connectivity index is 1.96. The van der Waals surface area contributed by atoms with E-state index in [-0.39, 0.29) is 0 Å². The molecule has 0 bridgehead atoms. The van der Waals surface area contributed by atoms with Gasteiger partial charge in [0.2, 0.25) is 0 Å². The number of amides is 1. The first-order chi connectivity index (χ1) is 10.0. The number of carbonyl (C=O) groups excluding carboxylic acids is 1. The Morgan fingerprint density at radius 2 is 1.62 bits per heavy atom. The molecule has 1 saturated heterocycles. The first kappa shape index (κ1) is 14.0. The summed E-state index contributed by atoms with van der Waals surface area (Å²) in [5.74, 6) is 0. The molecule has 1 aliphatic rings. The van der Waals surface area contributed by atoms with Crippen LogP contribution in [0, 0.1) is 0 Å². The fourth-order valence-electron chi connectivity index (χ4n) is 2.67. The molecule has 21 heavy (non-hydrogen) atoms. The minimum Gasteiger partial charge on any atom is -0.442 e. The van der Waals surface area contributed by atoms with E-state index < -0.39 is 17.2 Å². The van der Waals surface area contributed by atoms with Crippen molar-refractivity contribution in [1.29, 1.82) is 0 Å². The lowest BCUT2D eigenvalue weighted by Gasteiger charge is -2.30. The number of rotatable bonds is 2. The summed E-state index contributed by atoms with van der Waals surface area (Å²) in [6, 6.07) is 18.0. The zero-order chi connectivity index (χ0) is 15.0. The van der Waals surface area contributed by atoms with Crippen LogP contribution in [0.5, 0.6) is 0 Å². The summed E-state index contributed by atoms with van der Waals surface area (Å²) >= 11 is 6.67. The largest absolute Gasteiger partial charge is 0.442 e. The molecule has 2 unspecified atom stereocenters. The van der Waals surface area contributed by atoms with Crippen LogP contribution in [0.2, 0.25) is 0 Å². The normalized spacial score (nSPS) is 25.0. The summed E-state index contributed by atoms with van der Waals surface area (Å²) in [6.07, 6.45) is -0.802. The Bertz CT molecular complexity index is 656. The standard InChI is InChI=1S/C17H16ClNO2/c1-12-17(18,19(2)16(20)21-12)15-10-8-14(9-11-15)13-6-4-3-5-7-13/h3-12H,1-2H3. The minimum absolute atomic E-state index is 0.398. The van der Waals surface area contributed by atoms with Crippen LogP contribution in [0.3, 0.4) is 0 Å². The average Bonchev–Trinajstić information content (AvgIpc) is 2.72. The number of carbonyl (C=O) groups is 1. The molecule has 1 heterocycles. The smallest absolute Gasteiger partial charge is 0.411 e. The predicted octanol–water partition coefficient (Wildman–Crippen LogP) is 4.22. The molecule has 1 fully saturated rings. The molecule has 2 aromatic carbocycles. The topological polar surface area (TPSA) is 29.5 Å². The molecule has 1 amide bonds. The van der Waals surface area contributed by atoms with Crippen LogP contribution < -0.4 is 0 Å². The van der Waals surface area contributed by atoms with Crippen LogP contribution in [0.1, 0.15) is 12.5 Å². The van der Waals surface area contributed by atoms with Crippen LogP contribution in [0.15, 0.2) is 54.6 Å². The van der Waals surface area contributed by atoms with Crippen molar-refractivity contribution in [3.05, 3.63) is 60.2 Å². The molecule has 0 saturated carbocycles. The van der Waals surface area contributed by atoms with E-state index in [2.05, 4.69) is 12.1 Å². The predicted molar refractivity (Wildman–Crippen MR) is 83.1 cm³/mol. The number of cyclic esters (lactones) is 1. The SMILES string of the molecule is CC1OC(=O)N(C)C1(Cl)c1ccc(-c2ccccc2)cc1. The minimum atomic E-state index is -0.952. The molecule has 1 aliphatic heterocycles. The maximum Gasteiger partial charge on any atom is 0.411 e. The van der Waals surface area contributed by atoms with E-state index in [1.54, 1.807) is 14.0 Å². The highest BCUT2D eigenvalue weighted by atomic mass is 35.5. The van der Waals surface area contributed by atoms with Gasteiger partial charge in [0.15, 0.2) is 5.00 Å². The van der Waals surface area contributed by atoms with Gasteiger partial charge >= 0.3 is 6.09 Å². The van der Waals surface area contributed by atoms with E-state index in [9.17, 15) is 4.79 Å². The summed E-state index contributed by atoms with van der Waals surface area (Å²) in [4.78, 5) is 12.2. The second-order valence-corrected chi connectivity index (χ2v) is 5.78. The van der Waals surface area contributed by atoms with Crippen LogP contribution in [0.25, 0.3) is 11.1 Å². The van der Waals surface area contributed by atoms with Crippen molar-refractivity contribution >= 4 is 17.7 Å². The Morgan fingerprint density at radius 3 is 2.14 bits per heavy atom. The van der Waals surface area contributed by atoms with Crippen molar-refractivity contribution in [2.45, 2.75) is 18.0 Å². The van der Waals surface area contributed by atoms with E-state index in [1.165, 1.54) is 4.90 Å². The average molecular weight is 302 g/mol. The fraction of sp³-hybridized carbons (Fsp3) is 0.235. The third-order valence-electron chi connectivity index (χ3n) is 3.98. The molecular formula is C17H16ClNO2. The summed E-state index contributed by atoms with van der Waals surface area (Å²) in [6.45, 7) is 1.81. The van der Waals surface area contributed by atoms with Crippen molar-refractivity contribution in [3.63, 3.8) is 0 Å². The molecule has 3 nitrogen and oxygen atoms in total. The molecule has 0 radical (unpaired) electrons. The van der Waals surface area contributed by atoms with Gasteiger partial charge in [-0.3, -0.25) is 4.90 Å². The van der Waals surface area contributed by atoms with E-state index in [0.717, 1.165) is 16.7 Å². The van der Waals surface area contributed by atoms with Gasteiger partial charge in [-0.05, 0) is 23.6 Å². The van der Waals surface area contributed by atoms with Crippen molar-refractivity contribution in [3.8, 4) is 11.1 Å². The van der Waals surface area contributed by atoms with Gasteiger partial charge in [0.1, 0.15) is 6.10 Å². The maximum absolute atomic E-state index is 11.7. The zero-order valence-electron chi connectivity index (χ0n) is 11.9. The fourth-order valence-corrected chi connectivity index (χ4v) is 2.91. The summed E-state index contributed by atoms with van der Waals surface area (Å²) in [7, 11) is 1.66. The van der Waals surface area contributed by atoms with E-state index in [1.807, 2.05) is 42.5 Å². The van der Waals surface area contributed by atoms with Gasteiger partial charge < -0.3 is 4.74 Å². The molecular weight excluding hydrogens is 286 g/mol. The van der Waals surface area contributed by atoms with Crippen LogP contribution in [0.4, 0.5) is 4.79 Å². The summed E-state index contributed by atoms with van der Waals surface area (Å²) in [5.41, 5.74) is 3.11. The monoisotopic (exact) mass is 301 g/mol. The van der Waals surface area contributed by atoms with Crippen LogP contribution >= 0.6 is 11.6 Å². The molecule has 0 spiro atoms. The molecule has 4 heteroatoms. The van der Waals surface area contributed by atoms with E-state index >= 15 is 0 Å². The molecule has 3 rings (SSSR count). The van der Waals surface area contributed by atoms with Crippen LogP contribution in [-0.4, -0.2) is 24.1 Å². The molecule has 108 valence electrons. The summed E-state index contributed by atoms with van der Waals surface area (Å²) in [5, 5.41) is 0. The van der Waals surface area contributed by atoms with Gasteiger partial charge in [0.05, 0.1) is 0 Å².